The van der Waals surface area contributed by atoms with Crippen LogP contribution in [0.4, 0.5) is 11.4 Å². The van der Waals surface area contributed by atoms with Crippen molar-refractivity contribution in [2.24, 2.45) is 0 Å². The van der Waals surface area contributed by atoms with E-state index in [1.807, 2.05) is 6.92 Å². The molecule has 0 unspecified atom stereocenters. The van der Waals surface area contributed by atoms with Gasteiger partial charge in [-0.3, -0.25) is 14.5 Å². The van der Waals surface area contributed by atoms with E-state index < -0.39 is 18.5 Å². The lowest BCUT2D eigenvalue weighted by atomic mass is 10.2. The van der Waals surface area contributed by atoms with Crippen LogP contribution in [-0.2, 0) is 19.1 Å². The Kier molecular flexibility index (Phi) is 5.61. The number of para-hydroxylation sites is 2. The molecule has 8 heteroatoms. The van der Waals surface area contributed by atoms with Crippen molar-refractivity contribution in [3.05, 3.63) is 53.1 Å². The van der Waals surface area contributed by atoms with Gasteiger partial charge in [0.05, 0.1) is 11.4 Å². The molecule has 2 amide bonds. The van der Waals surface area contributed by atoms with Crippen LogP contribution in [0.3, 0.4) is 0 Å². The van der Waals surface area contributed by atoms with Crippen molar-refractivity contribution in [2.75, 3.05) is 30.0 Å². The fraction of sp³-hybridized carbons (Fsp3) is 0.211. The van der Waals surface area contributed by atoms with Crippen LogP contribution in [0.2, 0.25) is 5.02 Å². The lowest BCUT2D eigenvalue weighted by Crippen LogP contribution is -2.44. The van der Waals surface area contributed by atoms with Gasteiger partial charge in [0.25, 0.3) is 5.91 Å². The fourth-order valence-corrected chi connectivity index (χ4v) is 2.68. The number of carbonyl (C=O) groups is 3. The first kappa shape index (κ1) is 18.7. The Morgan fingerprint density at radius 3 is 2.74 bits per heavy atom. The van der Waals surface area contributed by atoms with Gasteiger partial charge in [-0.2, -0.15) is 0 Å². The number of nitrogens with zero attached hydrogens (tertiary/aromatic N) is 1. The summed E-state index contributed by atoms with van der Waals surface area (Å²) >= 11 is 5.93. The number of fused-ring (bicyclic) bond motifs is 1. The first-order chi connectivity index (χ1) is 12.9. The van der Waals surface area contributed by atoms with E-state index in [1.54, 1.807) is 42.5 Å². The van der Waals surface area contributed by atoms with Gasteiger partial charge in [-0.1, -0.05) is 23.7 Å². The van der Waals surface area contributed by atoms with Crippen molar-refractivity contribution in [3.63, 3.8) is 0 Å². The lowest BCUT2D eigenvalue weighted by molar-refractivity contribution is -0.149. The molecule has 0 bridgehead atoms. The molecule has 1 N–H and O–H groups in total. The molecule has 0 aliphatic carbocycles. The third-order valence-corrected chi connectivity index (χ3v) is 4.34. The van der Waals surface area contributed by atoms with Crippen molar-refractivity contribution in [2.45, 2.75) is 6.92 Å². The van der Waals surface area contributed by atoms with Crippen molar-refractivity contribution in [3.8, 4) is 5.75 Å². The van der Waals surface area contributed by atoms with Gasteiger partial charge in [0.1, 0.15) is 12.3 Å². The number of hydrogen-bond acceptors (Lipinski definition) is 5. The maximum Gasteiger partial charge on any atom is 0.344 e. The zero-order valence-corrected chi connectivity index (χ0v) is 15.3. The number of amides is 2. The molecule has 0 saturated carbocycles. The summed E-state index contributed by atoms with van der Waals surface area (Å²) in [6, 6.07) is 11.9. The highest BCUT2D eigenvalue weighted by molar-refractivity contribution is 6.31. The van der Waals surface area contributed by atoms with Gasteiger partial charge in [-0.05, 0) is 42.8 Å². The molecule has 140 valence electrons. The molecule has 0 fully saturated rings. The smallest absolute Gasteiger partial charge is 0.344 e. The predicted molar refractivity (Wildman–Crippen MR) is 100 cm³/mol. The topological polar surface area (TPSA) is 84.9 Å². The molecule has 0 spiro atoms. The molecular weight excluding hydrogens is 372 g/mol. The number of esters is 1. The first-order valence-corrected chi connectivity index (χ1v) is 8.55. The summed E-state index contributed by atoms with van der Waals surface area (Å²) in [5.41, 5.74) is 1.92. The molecule has 0 saturated heterocycles. The van der Waals surface area contributed by atoms with Crippen LogP contribution >= 0.6 is 11.6 Å². The van der Waals surface area contributed by atoms with Gasteiger partial charge in [-0.15, -0.1) is 0 Å². The van der Waals surface area contributed by atoms with E-state index in [2.05, 4.69) is 5.32 Å². The number of ether oxygens (including phenoxy) is 2. The molecule has 7 nitrogen and oxygen atoms in total. The molecule has 2 aromatic carbocycles. The molecular formula is C19H17ClN2O5. The number of hydrogen-bond donors (Lipinski definition) is 1. The second-order valence-corrected chi connectivity index (χ2v) is 6.31. The van der Waals surface area contributed by atoms with E-state index in [9.17, 15) is 14.4 Å². The third-order valence-electron chi connectivity index (χ3n) is 3.91. The first-order valence-electron chi connectivity index (χ1n) is 8.18. The van der Waals surface area contributed by atoms with Crippen LogP contribution in [0.1, 0.15) is 5.56 Å². The summed E-state index contributed by atoms with van der Waals surface area (Å²) in [6.45, 7) is 0.863. The molecule has 1 heterocycles. The van der Waals surface area contributed by atoms with Crippen molar-refractivity contribution in [1.82, 2.24) is 0 Å². The van der Waals surface area contributed by atoms with Crippen molar-refractivity contribution < 1.29 is 23.9 Å². The molecule has 27 heavy (non-hydrogen) atoms. The van der Waals surface area contributed by atoms with E-state index >= 15 is 0 Å². The summed E-state index contributed by atoms with van der Waals surface area (Å²) in [5, 5.41) is 3.29. The highest BCUT2D eigenvalue weighted by Gasteiger charge is 2.27. The van der Waals surface area contributed by atoms with Gasteiger partial charge >= 0.3 is 5.97 Å². The number of anilines is 2. The van der Waals surface area contributed by atoms with Crippen molar-refractivity contribution >= 4 is 40.8 Å². The van der Waals surface area contributed by atoms with Crippen LogP contribution in [0, 0.1) is 6.92 Å². The normalized spacial score (nSPS) is 12.8. The minimum Gasteiger partial charge on any atom is -0.482 e. The van der Waals surface area contributed by atoms with Gasteiger partial charge < -0.3 is 14.8 Å². The number of halogens is 1. The van der Waals surface area contributed by atoms with E-state index in [-0.39, 0.29) is 19.1 Å². The number of nitrogens with one attached hydrogen (secondary N) is 1. The molecule has 1 aliphatic rings. The monoisotopic (exact) mass is 388 g/mol. The largest absolute Gasteiger partial charge is 0.482 e. The minimum absolute atomic E-state index is 0.131. The van der Waals surface area contributed by atoms with Crippen LogP contribution in [0.15, 0.2) is 42.5 Å². The third kappa shape index (κ3) is 4.57. The van der Waals surface area contributed by atoms with Gasteiger partial charge in [-0.25, -0.2) is 4.79 Å². The van der Waals surface area contributed by atoms with Crippen LogP contribution < -0.4 is 15.0 Å². The van der Waals surface area contributed by atoms with Crippen LogP contribution in [0.5, 0.6) is 5.75 Å². The fourth-order valence-electron chi connectivity index (χ4n) is 2.57. The summed E-state index contributed by atoms with van der Waals surface area (Å²) in [4.78, 5) is 37.3. The molecule has 0 atom stereocenters. The summed E-state index contributed by atoms with van der Waals surface area (Å²) in [6.07, 6.45) is 0. The van der Waals surface area contributed by atoms with E-state index in [0.717, 1.165) is 5.56 Å². The molecule has 0 radical (unpaired) electrons. The highest BCUT2D eigenvalue weighted by Crippen LogP contribution is 2.28. The Morgan fingerprint density at radius 1 is 1.19 bits per heavy atom. The Labute approximate surface area is 160 Å². The second-order valence-electron chi connectivity index (χ2n) is 5.91. The van der Waals surface area contributed by atoms with E-state index in [0.29, 0.717) is 22.1 Å². The Hall–Kier alpha value is -3.06. The standard InChI is InChI=1S/C19H17ClN2O5/c1-12-8-13(6-7-14(12)20)26-11-19(25)27-10-18(24)22-9-17(23)21-15-4-2-3-5-16(15)22/h2-8H,9-11H2,1H3,(H,21,23). The Morgan fingerprint density at radius 2 is 1.96 bits per heavy atom. The zero-order chi connectivity index (χ0) is 19.4. The van der Waals surface area contributed by atoms with E-state index in [1.165, 1.54) is 4.90 Å². The average molecular weight is 389 g/mol. The molecule has 3 rings (SSSR count). The Bertz CT molecular complexity index is 899. The number of carbonyl (C=O) groups excluding carboxylic acids is 3. The maximum absolute atomic E-state index is 12.4. The van der Waals surface area contributed by atoms with Crippen LogP contribution in [-0.4, -0.2) is 37.5 Å². The quantitative estimate of drug-likeness (QED) is 0.796. The van der Waals surface area contributed by atoms with Crippen LogP contribution in [0.25, 0.3) is 0 Å². The minimum atomic E-state index is -0.689. The lowest BCUT2D eigenvalue weighted by Gasteiger charge is -2.28. The summed E-state index contributed by atoms with van der Waals surface area (Å²) in [7, 11) is 0. The summed E-state index contributed by atoms with van der Waals surface area (Å²) < 4.78 is 10.3. The Balaban J connectivity index is 1.53. The highest BCUT2D eigenvalue weighted by atomic mass is 35.5. The second kappa shape index (κ2) is 8.09. The maximum atomic E-state index is 12.4. The van der Waals surface area contributed by atoms with Gasteiger partial charge in [0.2, 0.25) is 5.91 Å². The van der Waals surface area contributed by atoms with E-state index in [4.69, 9.17) is 21.1 Å². The summed E-state index contributed by atoms with van der Waals surface area (Å²) in [5.74, 6) is -1.02. The molecule has 0 aromatic heterocycles. The average Bonchev–Trinajstić information content (AvgIpc) is 2.66. The zero-order valence-electron chi connectivity index (χ0n) is 14.5. The number of rotatable bonds is 5. The van der Waals surface area contributed by atoms with Crippen molar-refractivity contribution in [1.29, 1.82) is 0 Å². The number of aryl methyl sites for hydroxylation is 1. The SMILES string of the molecule is Cc1cc(OCC(=O)OCC(=O)N2CC(=O)Nc3ccccc32)ccc1Cl. The molecule has 1 aliphatic heterocycles. The van der Waals surface area contributed by atoms with Gasteiger partial charge in [0.15, 0.2) is 13.2 Å². The predicted octanol–water partition coefficient (Wildman–Crippen LogP) is 2.56. The molecule has 2 aromatic rings. The number of benzene rings is 2. The van der Waals surface area contributed by atoms with Gasteiger partial charge in [0, 0.05) is 5.02 Å².